The number of hydrogen-bond donors (Lipinski definition) is 2. The summed E-state index contributed by atoms with van der Waals surface area (Å²) in [6, 6.07) is 5.04. The minimum atomic E-state index is -0.297. The van der Waals surface area contributed by atoms with Gasteiger partial charge in [0.05, 0.1) is 22.9 Å². The molecular formula is C14H11BrN2O3. The number of furan rings is 1. The van der Waals surface area contributed by atoms with Gasteiger partial charge in [-0.1, -0.05) is 6.92 Å². The minimum Gasteiger partial charge on any atom is -0.469 e. The average Bonchev–Trinajstić information content (AvgIpc) is 3.01. The summed E-state index contributed by atoms with van der Waals surface area (Å²) in [5.74, 6) is 0.524. The van der Waals surface area contributed by atoms with Crippen molar-refractivity contribution in [2.75, 3.05) is 0 Å². The first kappa shape index (κ1) is 12.9. The van der Waals surface area contributed by atoms with Crippen LogP contribution in [0.1, 0.15) is 28.6 Å². The second-order valence-electron chi connectivity index (χ2n) is 4.40. The van der Waals surface area contributed by atoms with Gasteiger partial charge in [0.2, 0.25) is 0 Å². The van der Waals surface area contributed by atoms with E-state index in [1.165, 1.54) is 6.26 Å². The number of aryl methyl sites for hydroxylation is 1. The number of benzene rings is 1. The number of H-pyrrole nitrogens is 2. The molecule has 6 heteroatoms. The molecule has 1 aromatic carbocycles. The van der Waals surface area contributed by atoms with Gasteiger partial charge >= 0.3 is 5.69 Å². The summed E-state index contributed by atoms with van der Waals surface area (Å²) in [4.78, 5) is 29.1. The van der Waals surface area contributed by atoms with Crippen LogP contribution in [-0.4, -0.2) is 15.8 Å². The number of fused-ring (bicyclic) bond motifs is 1. The van der Waals surface area contributed by atoms with Gasteiger partial charge in [-0.15, -0.1) is 0 Å². The fourth-order valence-corrected chi connectivity index (χ4v) is 2.72. The lowest BCUT2D eigenvalue weighted by molar-refractivity contribution is 0.103. The summed E-state index contributed by atoms with van der Waals surface area (Å²) in [5, 5.41) is 0. The highest BCUT2D eigenvalue weighted by molar-refractivity contribution is 9.10. The van der Waals surface area contributed by atoms with Crippen molar-refractivity contribution in [3.05, 3.63) is 56.3 Å². The van der Waals surface area contributed by atoms with Gasteiger partial charge in [0, 0.05) is 16.5 Å². The molecular weight excluding hydrogens is 324 g/mol. The van der Waals surface area contributed by atoms with Crippen LogP contribution in [0.4, 0.5) is 0 Å². The van der Waals surface area contributed by atoms with Crippen molar-refractivity contribution in [3.8, 4) is 0 Å². The predicted octanol–water partition coefficient (Wildman–Crippen LogP) is 3.01. The largest absolute Gasteiger partial charge is 0.469 e. The van der Waals surface area contributed by atoms with Gasteiger partial charge in [-0.25, -0.2) is 4.79 Å². The van der Waals surface area contributed by atoms with E-state index in [9.17, 15) is 9.59 Å². The molecule has 2 heterocycles. The number of aromatic amines is 2. The van der Waals surface area contributed by atoms with Crippen LogP contribution in [0, 0.1) is 0 Å². The zero-order valence-electron chi connectivity index (χ0n) is 10.6. The predicted molar refractivity (Wildman–Crippen MR) is 78.1 cm³/mol. The maximum Gasteiger partial charge on any atom is 0.323 e. The zero-order valence-corrected chi connectivity index (χ0v) is 12.2. The monoisotopic (exact) mass is 334 g/mol. The molecule has 102 valence electrons. The van der Waals surface area contributed by atoms with E-state index in [0.717, 1.165) is 0 Å². The molecule has 0 amide bonds. The SMILES string of the molecule is CCc1occc1C(=O)c1cc2[nH]c(=O)[nH]c2cc1Br. The number of carbonyl (C=O) groups is 1. The van der Waals surface area contributed by atoms with Crippen LogP contribution in [0.15, 0.2) is 38.1 Å². The number of aromatic nitrogens is 2. The second kappa shape index (κ2) is 4.79. The molecule has 0 aliphatic carbocycles. The molecule has 2 aromatic heterocycles. The Morgan fingerprint density at radius 3 is 2.65 bits per heavy atom. The Balaban J connectivity index is 2.16. The summed E-state index contributed by atoms with van der Waals surface area (Å²) in [7, 11) is 0. The standard InChI is InChI=1S/C14H11BrN2O3/c1-2-12-7(3-4-20-12)13(18)8-5-10-11(6-9(8)15)17-14(19)16-10/h3-6H,2H2,1H3,(H2,16,17,19). The number of nitrogens with one attached hydrogen (secondary N) is 2. The minimum absolute atomic E-state index is 0.133. The van der Waals surface area contributed by atoms with E-state index in [4.69, 9.17) is 4.42 Å². The van der Waals surface area contributed by atoms with Crippen molar-refractivity contribution < 1.29 is 9.21 Å². The van der Waals surface area contributed by atoms with E-state index in [2.05, 4.69) is 25.9 Å². The molecule has 0 saturated heterocycles. The molecule has 0 fully saturated rings. The molecule has 20 heavy (non-hydrogen) atoms. The van der Waals surface area contributed by atoms with Crippen LogP contribution in [0.3, 0.4) is 0 Å². The second-order valence-corrected chi connectivity index (χ2v) is 5.25. The summed E-state index contributed by atoms with van der Waals surface area (Å²) < 4.78 is 5.92. The molecule has 0 unspecified atom stereocenters. The van der Waals surface area contributed by atoms with Gasteiger partial charge in [-0.2, -0.15) is 0 Å². The van der Waals surface area contributed by atoms with Crippen molar-refractivity contribution in [3.63, 3.8) is 0 Å². The molecule has 3 rings (SSSR count). The molecule has 0 spiro atoms. The maximum absolute atomic E-state index is 12.6. The first-order valence-corrected chi connectivity index (χ1v) is 6.92. The molecule has 5 nitrogen and oxygen atoms in total. The van der Waals surface area contributed by atoms with Crippen molar-refractivity contribution >= 4 is 32.7 Å². The molecule has 0 bridgehead atoms. The first-order chi connectivity index (χ1) is 9.60. The van der Waals surface area contributed by atoms with Crippen LogP contribution < -0.4 is 5.69 Å². The van der Waals surface area contributed by atoms with Crippen LogP contribution >= 0.6 is 15.9 Å². The fraction of sp³-hybridized carbons (Fsp3) is 0.143. The van der Waals surface area contributed by atoms with E-state index in [1.807, 2.05) is 6.92 Å². The van der Waals surface area contributed by atoms with Crippen LogP contribution in [0.5, 0.6) is 0 Å². The number of rotatable bonds is 3. The number of ketones is 1. The van der Waals surface area contributed by atoms with Gasteiger partial charge in [0.1, 0.15) is 5.76 Å². The Morgan fingerprint density at radius 1 is 1.25 bits per heavy atom. The number of hydrogen-bond acceptors (Lipinski definition) is 3. The third-order valence-corrected chi connectivity index (χ3v) is 3.82. The summed E-state index contributed by atoms with van der Waals surface area (Å²) >= 11 is 3.37. The Morgan fingerprint density at radius 2 is 1.95 bits per heavy atom. The number of imidazole rings is 1. The highest BCUT2D eigenvalue weighted by Gasteiger charge is 2.19. The lowest BCUT2D eigenvalue weighted by atomic mass is 10.0. The maximum atomic E-state index is 12.6. The quantitative estimate of drug-likeness (QED) is 0.722. The smallest absolute Gasteiger partial charge is 0.323 e. The van der Waals surface area contributed by atoms with Crippen LogP contribution in [0.2, 0.25) is 0 Å². The molecule has 0 atom stereocenters. The van der Waals surface area contributed by atoms with Gasteiger partial charge in [-0.05, 0) is 34.1 Å². The highest BCUT2D eigenvalue weighted by Crippen LogP contribution is 2.26. The molecule has 0 aliphatic rings. The lowest BCUT2D eigenvalue weighted by Gasteiger charge is -2.04. The van der Waals surface area contributed by atoms with E-state index < -0.39 is 0 Å². The molecule has 3 aromatic rings. The molecule has 2 N–H and O–H groups in total. The molecule has 0 radical (unpaired) electrons. The van der Waals surface area contributed by atoms with E-state index in [1.54, 1.807) is 18.2 Å². The Labute approximate surface area is 122 Å². The number of halogens is 1. The highest BCUT2D eigenvalue weighted by atomic mass is 79.9. The van der Waals surface area contributed by atoms with Crippen molar-refractivity contribution in [1.82, 2.24) is 9.97 Å². The van der Waals surface area contributed by atoms with Crippen molar-refractivity contribution in [2.45, 2.75) is 13.3 Å². The summed E-state index contributed by atoms with van der Waals surface area (Å²) in [6.45, 7) is 1.93. The van der Waals surface area contributed by atoms with Crippen molar-refractivity contribution in [1.29, 1.82) is 0 Å². The molecule has 0 aliphatic heterocycles. The van der Waals surface area contributed by atoms with Gasteiger partial charge in [0.25, 0.3) is 0 Å². The third-order valence-electron chi connectivity index (χ3n) is 3.16. The van der Waals surface area contributed by atoms with E-state index >= 15 is 0 Å². The van der Waals surface area contributed by atoms with Gasteiger partial charge < -0.3 is 14.4 Å². The van der Waals surface area contributed by atoms with E-state index in [0.29, 0.717) is 38.8 Å². The fourth-order valence-electron chi connectivity index (χ4n) is 2.19. The Kier molecular flexibility index (Phi) is 3.10. The van der Waals surface area contributed by atoms with E-state index in [-0.39, 0.29) is 11.5 Å². The Hall–Kier alpha value is -2.08. The topological polar surface area (TPSA) is 78.9 Å². The normalized spacial score (nSPS) is 11.1. The third kappa shape index (κ3) is 2.02. The van der Waals surface area contributed by atoms with Gasteiger partial charge in [-0.3, -0.25) is 4.79 Å². The van der Waals surface area contributed by atoms with Crippen LogP contribution in [0.25, 0.3) is 11.0 Å². The zero-order chi connectivity index (χ0) is 14.3. The summed E-state index contributed by atoms with van der Waals surface area (Å²) in [6.07, 6.45) is 2.16. The van der Waals surface area contributed by atoms with Crippen molar-refractivity contribution in [2.24, 2.45) is 0 Å². The van der Waals surface area contributed by atoms with Crippen LogP contribution in [-0.2, 0) is 6.42 Å². The van der Waals surface area contributed by atoms with Gasteiger partial charge in [0.15, 0.2) is 5.78 Å². The Bertz CT molecular complexity index is 857. The molecule has 0 saturated carbocycles. The first-order valence-electron chi connectivity index (χ1n) is 6.12. The summed E-state index contributed by atoms with van der Waals surface area (Å²) in [5.41, 5.74) is 1.99. The number of carbonyl (C=O) groups excluding carboxylic acids is 1. The lowest BCUT2D eigenvalue weighted by Crippen LogP contribution is -2.04. The average molecular weight is 335 g/mol.